The standard InChI is InChI=1S/C21H22N2O7/c1-2-7-8-4-3-5-11(24)12(8)16(25)13-9(7)6-10-15(22)17(26)14(20(23)29)19(28)21(10,30)18(13)27/h3-5,7,9-10,15,24,26-27,30H,2,6,22H2,1H3,(H2,23,29)/t7-,9+,10-,15-,21-/m0/s1. The van der Waals surface area contributed by atoms with E-state index in [1.165, 1.54) is 6.07 Å². The van der Waals surface area contributed by atoms with Gasteiger partial charge < -0.3 is 31.9 Å². The molecule has 1 aromatic rings. The maximum Gasteiger partial charge on any atom is 0.255 e. The molecule has 0 saturated heterocycles. The molecule has 0 radical (unpaired) electrons. The Morgan fingerprint density at radius 1 is 1.23 bits per heavy atom. The highest BCUT2D eigenvalue weighted by Crippen LogP contribution is 2.55. The fourth-order valence-electron chi connectivity index (χ4n) is 5.31. The summed E-state index contributed by atoms with van der Waals surface area (Å²) in [6, 6.07) is 3.32. The van der Waals surface area contributed by atoms with Crippen LogP contribution in [0.2, 0.25) is 0 Å². The average Bonchev–Trinajstić information content (AvgIpc) is 2.68. The van der Waals surface area contributed by atoms with Gasteiger partial charge in [-0.3, -0.25) is 14.4 Å². The van der Waals surface area contributed by atoms with Crippen LogP contribution in [0, 0.1) is 11.8 Å². The number of primary amides is 1. The van der Waals surface area contributed by atoms with E-state index in [9.17, 15) is 34.8 Å². The smallest absolute Gasteiger partial charge is 0.255 e. The number of hydrogen-bond donors (Lipinski definition) is 6. The summed E-state index contributed by atoms with van der Waals surface area (Å²) >= 11 is 0. The van der Waals surface area contributed by atoms with E-state index in [1.807, 2.05) is 6.92 Å². The van der Waals surface area contributed by atoms with Crippen molar-refractivity contribution in [3.05, 3.63) is 52.0 Å². The molecular weight excluding hydrogens is 392 g/mol. The SMILES string of the molecule is CC[C@H]1c2cccc(O)c2C(=O)C2=C(O)[C@]3(O)C(=O)C(C(N)=O)=C(O)[C@@H](N)[C@@H]3C[C@@H]21. The first-order valence-corrected chi connectivity index (χ1v) is 9.63. The Kier molecular flexibility index (Phi) is 4.30. The molecule has 8 N–H and O–H groups in total. The molecule has 158 valence electrons. The van der Waals surface area contributed by atoms with Gasteiger partial charge in [0.25, 0.3) is 5.91 Å². The van der Waals surface area contributed by atoms with Crippen molar-refractivity contribution in [2.75, 3.05) is 0 Å². The second kappa shape index (κ2) is 6.41. The number of ketones is 2. The number of rotatable bonds is 2. The van der Waals surface area contributed by atoms with Gasteiger partial charge in [0.1, 0.15) is 22.8 Å². The van der Waals surface area contributed by atoms with Crippen molar-refractivity contribution in [2.45, 2.75) is 37.3 Å². The summed E-state index contributed by atoms with van der Waals surface area (Å²) in [6.45, 7) is 1.87. The van der Waals surface area contributed by atoms with Crippen LogP contribution in [0.1, 0.15) is 41.6 Å². The molecule has 3 aliphatic rings. The number of nitrogens with two attached hydrogens (primary N) is 2. The maximum absolute atomic E-state index is 13.2. The van der Waals surface area contributed by atoms with Crippen LogP contribution >= 0.6 is 0 Å². The van der Waals surface area contributed by atoms with E-state index >= 15 is 0 Å². The van der Waals surface area contributed by atoms with Crippen LogP contribution in [0.15, 0.2) is 40.9 Å². The molecule has 9 nitrogen and oxygen atoms in total. The Balaban J connectivity index is 2.00. The van der Waals surface area contributed by atoms with E-state index in [0.717, 1.165) is 0 Å². The Morgan fingerprint density at radius 3 is 2.50 bits per heavy atom. The van der Waals surface area contributed by atoms with Gasteiger partial charge in [0.2, 0.25) is 5.78 Å². The number of aromatic hydroxyl groups is 1. The minimum Gasteiger partial charge on any atom is -0.510 e. The van der Waals surface area contributed by atoms with Crippen molar-refractivity contribution in [2.24, 2.45) is 23.3 Å². The van der Waals surface area contributed by atoms with Gasteiger partial charge in [-0.15, -0.1) is 0 Å². The molecule has 1 amide bonds. The first kappa shape index (κ1) is 20.1. The predicted octanol–water partition coefficient (Wildman–Crippen LogP) is 0.469. The Hall–Kier alpha value is -3.17. The predicted molar refractivity (Wildman–Crippen MR) is 104 cm³/mol. The number of aliphatic hydroxyl groups excluding tert-OH is 2. The Bertz CT molecular complexity index is 1070. The third kappa shape index (κ3) is 2.27. The van der Waals surface area contributed by atoms with Gasteiger partial charge in [0.05, 0.1) is 11.6 Å². The van der Waals surface area contributed by atoms with Crippen molar-refractivity contribution in [1.82, 2.24) is 0 Å². The van der Waals surface area contributed by atoms with E-state index in [2.05, 4.69) is 0 Å². The molecule has 0 unspecified atom stereocenters. The van der Waals surface area contributed by atoms with Gasteiger partial charge in [-0.1, -0.05) is 19.1 Å². The number of phenols is 1. The zero-order valence-corrected chi connectivity index (χ0v) is 16.1. The number of phenolic OH excluding ortho intramolecular Hbond substituents is 1. The van der Waals surface area contributed by atoms with Gasteiger partial charge >= 0.3 is 0 Å². The molecule has 0 aromatic heterocycles. The number of hydrogen-bond acceptors (Lipinski definition) is 8. The van der Waals surface area contributed by atoms with Gasteiger partial charge in [-0.05, 0) is 36.3 Å². The third-order valence-electron chi connectivity index (χ3n) is 6.73. The van der Waals surface area contributed by atoms with Gasteiger partial charge in [-0.25, -0.2) is 0 Å². The molecule has 0 fully saturated rings. The summed E-state index contributed by atoms with van der Waals surface area (Å²) in [5.74, 6) is -7.33. The number of amides is 1. The van der Waals surface area contributed by atoms with Crippen molar-refractivity contribution < 1.29 is 34.8 Å². The molecule has 0 saturated carbocycles. The fraction of sp³-hybridized carbons (Fsp3) is 0.381. The monoisotopic (exact) mass is 414 g/mol. The quantitative estimate of drug-likeness (QED) is 0.377. The number of allylic oxidation sites excluding steroid dienone is 1. The molecule has 3 aliphatic carbocycles. The van der Waals surface area contributed by atoms with Crippen molar-refractivity contribution >= 4 is 17.5 Å². The summed E-state index contributed by atoms with van der Waals surface area (Å²) in [5, 5.41) is 42.9. The minimum atomic E-state index is -2.68. The van der Waals surface area contributed by atoms with Crippen molar-refractivity contribution in [3.63, 3.8) is 0 Å². The average molecular weight is 414 g/mol. The van der Waals surface area contributed by atoms with E-state index in [1.54, 1.807) is 12.1 Å². The molecule has 30 heavy (non-hydrogen) atoms. The Labute approximate surface area is 171 Å². The van der Waals surface area contributed by atoms with Crippen molar-refractivity contribution in [1.29, 1.82) is 0 Å². The molecule has 0 spiro atoms. The van der Waals surface area contributed by atoms with E-state index in [-0.39, 0.29) is 29.2 Å². The second-order valence-electron chi connectivity index (χ2n) is 8.04. The molecule has 9 heteroatoms. The minimum absolute atomic E-state index is 0.00174. The number of Topliss-reactive ketones (excluding diaryl/α,β-unsaturated/α-hetero) is 2. The lowest BCUT2D eigenvalue weighted by Crippen LogP contribution is -2.63. The normalized spacial score (nSPS) is 33.2. The number of benzene rings is 1. The van der Waals surface area contributed by atoms with Crippen LogP contribution in [-0.2, 0) is 9.59 Å². The van der Waals surface area contributed by atoms with E-state index < -0.39 is 58.0 Å². The molecule has 0 heterocycles. The van der Waals surface area contributed by atoms with Crippen LogP contribution in [-0.4, -0.2) is 49.5 Å². The fourth-order valence-corrected chi connectivity index (χ4v) is 5.31. The molecule has 5 atom stereocenters. The van der Waals surface area contributed by atoms with E-state index in [0.29, 0.717) is 12.0 Å². The van der Waals surface area contributed by atoms with Crippen LogP contribution in [0.4, 0.5) is 0 Å². The lowest BCUT2D eigenvalue weighted by molar-refractivity contribution is -0.145. The topological polar surface area (TPSA) is 184 Å². The first-order chi connectivity index (χ1) is 14.1. The molecule has 0 aliphatic heterocycles. The van der Waals surface area contributed by atoms with Crippen LogP contribution in [0.3, 0.4) is 0 Å². The van der Waals surface area contributed by atoms with Crippen molar-refractivity contribution in [3.8, 4) is 5.75 Å². The van der Waals surface area contributed by atoms with Gasteiger partial charge in [0, 0.05) is 11.5 Å². The third-order valence-corrected chi connectivity index (χ3v) is 6.73. The number of carbonyl (C=O) groups is 3. The lowest BCUT2D eigenvalue weighted by Gasteiger charge is -2.49. The van der Waals surface area contributed by atoms with Gasteiger partial charge in [-0.2, -0.15) is 0 Å². The number of fused-ring (bicyclic) bond motifs is 3. The maximum atomic E-state index is 13.2. The van der Waals surface area contributed by atoms with Gasteiger partial charge in [0.15, 0.2) is 11.4 Å². The largest absolute Gasteiger partial charge is 0.510 e. The second-order valence-corrected chi connectivity index (χ2v) is 8.04. The van der Waals surface area contributed by atoms with Crippen LogP contribution in [0.25, 0.3) is 0 Å². The van der Waals surface area contributed by atoms with E-state index in [4.69, 9.17) is 11.5 Å². The Morgan fingerprint density at radius 2 is 1.90 bits per heavy atom. The summed E-state index contributed by atoms with van der Waals surface area (Å²) < 4.78 is 0. The summed E-state index contributed by atoms with van der Waals surface area (Å²) in [4.78, 5) is 37.9. The van der Waals surface area contributed by atoms with Crippen LogP contribution in [0.5, 0.6) is 5.75 Å². The zero-order chi connectivity index (χ0) is 22.1. The highest BCUT2D eigenvalue weighted by atomic mass is 16.3. The zero-order valence-electron chi connectivity index (χ0n) is 16.1. The molecule has 0 bridgehead atoms. The first-order valence-electron chi connectivity index (χ1n) is 9.63. The highest BCUT2D eigenvalue weighted by Gasteiger charge is 2.63. The molecule has 1 aromatic carbocycles. The number of aliphatic hydroxyl groups is 3. The molecular formula is C21H22N2O7. The summed E-state index contributed by atoms with van der Waals surface area (Å²) in [5.41, 5.74) is 8.06. The highest BCUT2D eigenvalue weighted by molar-refractivity contribution is 6.24. The number of carbonyl (C=O) groups excluding carboxylic acids is 3. The molecule has 4 rings (SSSR count). The summed E-state index contributed by atoms with van der Waals surface area (Å²) in [6.07, 6.45) is 0.534. The summed E-state index contributed by atoms with van der Waals surface area (Å²) in [7, 11) is 0. The van der Waals surface area contributed by atoms with Crippen LogP contribution < -0.4 is 11.5 Å². The lowest BCUT2D eigenvalue weighted by atomic mass is 9.56.